The maximum absolute atomic E-state index is 13.8. The molecule has 0 aliphatic carbocycles. The highest BCUT2D eigenvalue weighted by molar-refractivity contribution is 9.10. The molecule has 0 aliphatic rings. The van der Waals surface area contributed by atoms with Gasteiger partial charge in [0.05, 0.1) is 19.1 Å². The molecule has 0 aliphatic heterocycles. The van der Waals surface area contributed by atoms with Crippen LogP contribution >= 0.6 is 27.7 Å². The van der Waals surface area contributed by atoms with E-state index in [1.54, 1.807) is 19.2 Å². The first-order valence-electron chi connectivity index (χ1n) is 10.5. The SMILES string of the molecule is COc1ccc(-c2nnc(SCC(=O)N/N=C\c3cc(Br)ccc3F)n2-c2ccc(C)cc2)cc1. The molecule has 1 aromatic heterocycles. The number of nitrogens with one attached hydrogen (secondary N) is 1. The summed E-state index contributed by atoms with van der Waals surface area (Å²) >= 11 is 4.51. The lowest BCUT2D eigenvalue weighted by Crippen LogP contribution is -2.20. The Labute approximate surface area is 214 Å². The lowest BCUT2D eigenvalue weighted by Gasteiger charge is -2.11. The number of hydrogen-bond acceptors (Lipinski definition) is 6. The second-order valence-corrected chi connectivity index (χ2v) is 9.31. The molecule has 178 valence electrons. The summed E-state index contributed by atoms with van der Waals surface area (Å²) in [5.41, 5.74) is 5.54. The van der Waals surface area contributed by atoms with Crippen molar-refractivity contribution in [1.29, 1.82) is 0 Å². The van der Waals surface area contributed by atoms with Crippen molar-refractivity contribution < 1.29 is 13.9 Å². The number of aryl methyl sites for hydroxylation is 1. The number of carbonyl (C=O) groups excluding carboxylic acids is 1. The summed E-state index contributed by atoms with van der Waals surface area (Å²) in [5, 5.41) is 13.1. The van der Waals surface area contributed by atoms with Gasteiger partial charge in [-0.3, -0.25) is 9.36 Å². The van der Waals surface area contributed by atoms with Crippen molar-refractivity contribution in [2.45, 2.75) is 12.1 Å². The van der Waals surface area contributed by atoms with Crippen LogP contribution < -0.4 is 10.2 Å². The predicted molar refractivity (Wildman–Crippen MR) is 139 cm³/mol. The first-order chi connectivity index (χ1) is 16.9. The number of nitrogens with zero attached hydrogens (tertiary/aromatic N) is 4. The predicted octanol–water partition coefficient (Wildman–Crippen LogP) is 5.40. The Hall–Kier alpha value is -3.50. The standard InChI is InChI=1S/C25H21BrFN5O2S/c1-16-3-8-20(9-4-16)32-24(17-5-10-21(34-2)11-6-17)30-31-25(32)35-15-23(33)29-28-14-18-13-19(26)7-12-22(18)27/h3-14H,15H2,1-2H3,(H,29,33)/b28-14-. The summed E-state index contributed by atoms with van der Waals surface area (Å²) in [5.74, 6) is 0.640. The first kappa shape index (κ1) is 24.6. The minimum Gasteiger partial charge on any atom is -0.497 e. The number of benzene rings is 3. The van der Waals surface area contributed by atoms with Crippen molar-refractivity contribution in [3.8, 4) is 22.8 Å². The second-order valence-electron chi connectivity index (χ2n) is 7.45. The van der Waals surface area contributed by atoms with Gasteiger partial charge in [0.25, 0.3) is 5.91 Å². The molecule has 0 spiro atoms. The first-order valence-corrected chi connectivity index (χ1v) is 12.3. The number of rotatable bonds is 8. The number of aromatic nitrogens is 3. The van der Waals surface area contributed by atoms with Crippen LogP contribution in [-0.2, 0) is 4.79 Å². The van der Waals surface area contributed by atoms with Gasteiger partial charge in [0.15, 0.2) is 11.0 Å². The number of carbonyl (C=O) groups is 1. The summed E-state index contributed by atoms with van der Waals surface area (Å²) in [4.78, 5) is 12.4. The summed E-state index contributed by atoms with van der Waals surface area (Å²) in [6, 6.07) is 20.0. The maximum atomic E-state index is 13.8. The van der Waals surface area contributed by atoms with Gasteiger partial charge in [-0.2, -0.15) is 5.10 Å². The Morgan fingerprint density at radius 3 is 2.60 bits per heavy atom. The third-order valence-corrected chi connectivity index (χ3v) is 6.38. The van der Waals surface area contributed by atoms with Crippen LogP contribution in [0.1, 0.15) is 11.1 Å². The second kappa shape index (κ2) is 11.3. The van der Waals surface area contributed by atoms with Gasteiger partial charge in [0.1, 0.15) is 11.6 Å². The lowest BCUT2D eigenvalue weighted by molar-refractivity contribution is -0.118. The van der Waals surface area contributed by atoms with Crippen molar-refractivity contribution in [3.63, 3.8) is 0 Å². The number of ether oxygens (including phenoxy) is 1. The quantitative estimate of drug-likeness (QED) is 0.179. The van der Waals surface area contributed by atoms with Gasteiger partial charge in [-0.1, -0.05) is 45.4 Å². The fourth-order valence-corrected chi connectivity index (χ4v) is 4.29. The topological polar surface area (TPSA) is 81.4 Å². The van der Waals surface area contributed by atoms with Crippen LogP contribution in [0, 0.1) is 12.7 Å². The number of amides is 1. The van der Waals surface area contributed by atoms with Crippen molar-refractivity contribution in [3.05, 3.63) is 88.1 Å². The highest BCUT2D eigenvalue weighted by atomic mass is 79.9. The zero-order valence-electron chi connectivity index (χ0n) is 18.9. The zero-order valence-corrected chi connectivity index (χ0v) is 21.3. The molecule has 1 N–H and O–H groups in total. The molecule has 0 fully saturated rings. The third kappa shape index (κ3) is 6.14. The molecule has 1 amide bonds. The fraction of sp³-hybridized carbons (Fsp3) is 0.120. The van der Waals surface area contributed by atoms with Crippen molar-refractivity contribution in [2.75, 3.05) is 12.9 Å². The van der Waals surface area contributed by atoms with Crippen LogP contribution in [0.3, 0.4) is 0 Å². The van der Waals surface area contributed by atoms with Gasteiger partial charge in [-0.05, 0) is 61.5 Å². The number of thioether (sulfide) groups is 1. The molecule has 0 radical (unpaired) electrons. The Morgan fingerprint density at radius 1 is 1.14 bits per heavy atom. The van der Waals surface area contributed by atoms with E-state index < -0.39 is 5.82 Å². The molecule has 0 unspecified atom stereocenters. The Morgan fingerprint density at radius 2 is 1.89 bits per heavy atom. The van der Waals surface area contributed by atoms with Gasteiger partial charge in [-0.15, -0.1) is 10.2 Å². The van der Waals surface area contributed by atoms with Crippen LogP contribution in [0.4, 0.5) is 4.39 Å². The molecular weight excluding hydrogens is 533 g/mol. The highest BCUT2D eigenvalue weighted by Crippen LogP contribution is 2.29. The minimum atomic E-state index is -0.433. The highest BCUT2D eigenvalue weighted by Gasteiger charge is 2.17. The van der Waals surface area contributed by atoms with E-state index in [-0.39, 0.29) is 17.2 Å². The van der Waals surface area contributed by atoms with Crippen molar-refractivity contribution >= 4 is 39.8 Å². The molecule has 1 heterocycles. The molecule has 0 atom stereocenters. The number of halogens is 2. The molecule has 0 saturated heterocycles. The molecular formula is C25H21BrFN5O2S. The van der Waals surface area contributed by atoms with E-state index in [2.05, 4.69) is 36.7 Å². The minimum absolute atomic E-state index is 0.0465. The molecule has 35 heavy (non-hydrogen) atoms. The number of hydrogen-bond donors (Lipinski definition) is 1. The van der Waals surface area contributed by atoms with E-state index in [0.717, 1.165) is 22.6 Å². The van der Waals surface area contributed by atoms with Crippen LogP contribution in [0.25, 0.3) is 17.1 Å². The molecule has 7 nitrogen and oxygen atoms in total. The van der Waals surface area contributed by atoms with Gasteiger partial charge < -0.3 is 4.74 Å². The van der Waals surface area contributed by atoms with E-state index in [0.29, 0.717) is 15.5 Å². The van der Waals surface area contributed by atoms with E-state index in [9.17, 15) is 9.18 Å². The molecule has 3 aromatic carbocycles. The Kier molecular flexibility index (Phi) is 7.94. The van der Waals surface area contributed by atoms with Crippen LogP contribution in [0.2, 0.25) is 0 Å². The van der Waals surface area contributed by atoms with Gasteiger partial charge in [0.2, 0.25) is 0 Å². The number of methoxy groups -OCH3 is 1. The van der Waals surface area contributed by atoms with E-state index in [1.165, 1.54) is 24.0 Å². The summed E-state index contributed by atoms with van der Waals surface area (Å²) in [7, 11) is 1.61. The third-order valence-electron chi connectivity index (χ3n) is 4.96. The molecule has 10 heteroatoms. The van der Waals surface area contributed by atoms with Crippen LogP contribution in [0.15, 0.2) is 81.5 Å². The van der Waals surface area contributed by atoms with E-state index >= 15 is 0 Å². The monoisotopic (exact) mass is 553 g/mol. The van der Waals surface area contributed by atoms with Crippen LogP contribution in [-0.4, -0.2) is 39.7 Å². The largest absolute Gasteiger partial charge is 0.497 e. The normalized spacial score (nSPS) is 11.1. The lowest BCUT2D eigenvalue weighted by atomic mass is 10.2. The smallest absolute Gasteiger partial charge is 0.250 e. The average Bonchev–Trinajstić information content (AvgIpc) is 3.29. The fourth-order valence-electron chi connectivity index (χ4n) is 3.17. The van der Waals surface area contributed by atoms with Gasteiger partial charge >= 0.3 is 0 Å². The molecule has 0 saturated carbocycles. The van der Waals surface area contributed by atoms with Gasteiger partial charge in [-0.25, -0.2) is 9.82 Å². The maximum Gasteiger partial charge on any atom is 0.250 e. The summed E-state index contributed by atoms with van der Waals surface area (Å²) < 4.78 is 21.7. The average molecular weight is 554 g/mol. The zero-order chi connectivity index (χ0) is 24.8. The van der Waals surface area contributed by atoms with Crippen LogP contribution in [0.5, 0.6) is 5.75 Å². The molecule has 4 rings (SSSR count). The summed E-state index contributed by atoms with van der Waals surface area (Å²) in [6.45, 7) is 2.01. The Bertz CT molecular complexity index is 1360. The summed E-state index contributed by atoms with van der Waals surface area (Å²) in [6.07, 6.45) is 1.26. The molecule has 4 aromatic rings. The van der Waals surface area contributed by atoms with Gasteiger partial charge in [0, 0.05) is 21.3 Å². The van der Waals surface area contributed by atoms with Crippen molar-refractivity contribution in [2.24, 2.45) is 5.10 Å². The van der Waals surface area contributed by atoms with E-state index in [4.69, 9.17) is 4.74 Å². The Balaban J connectivity index is 1.52. The number of hydrazone groups is 1. The van der Waals surface area contributed by atoms with Crippen molar-refractivity contribution in [1.82, 2.24) is 20.2 Å². The van der Waals surface area contributed by atoms with E-state index in [1.807, 2.05) is 60.0 Å². The molecule has 0 bridgehead atoms.